The molecule has 0 fully saturated rings. The Balaban J connectivity index is 1.94. The minimum atomic E-state index is -0.427. The van der Waals surface area contributed by atoms with Crippen molar-refractivity contribution in [2.75, 3.05) is 14.2 Å². The second-order valence-electron chi connectivity index (χ2n) is 4.77. The number of non-ortho nitro benzene ring substituents is 1. The van der Waals surface area contributed by atoms with Crippen LogP contribution < -0.4 is 9.47 Å². The number of fused-ring (bicyclic) bond motifs is 1. The van der Waals surface area contributed by atoms with Gasteiger partial charge in [-0.1, -0.05) is 11.3 Å². The van der Waals surface area contributed by atoms with E-state index in [4.69, 9.17) is 9.47 Å². The molecular formula is C16H13N3O4S. The Morgan fingerprint density at radius 2 is 2.04 bits per heavy atom. The summed E-state index contributed by atoms with van der Waals surface area (Å²) in [6, 6.07) is 9.95. The lowest BCUT2D eigenvalue weighted by atomic mass is 10.2. The zero-order valence-electron chi connectivity index (χ0n) is 12.9. The molecule has 0 amide bonds. The summed E-state index contributed by atoms with van der Waals surface area (Å²) >= 11 is 1.29. The van der Waals surface area contributed by atoms with Crippen LogP contribution in [-0.4, -0.2) is 30.3 Å². The van der Waals surface area contributed by atoms with Crippen molar-refractivity contribution in [1.29, 1.82) is 0 Å². The predicted molar refractivity (Wildman–Crippen MR) is 93.1 cm³/mol. The maximum absolute atomic E-state index is 10.8. The number of methoxy groups -OCH3 is 2. The Bertz CT molecular complexity index is 936. The monoisotopic (exact) mass is 343 g/mol. The van der Waals surface area contributed by atoms with Crippen LogP contribution in [0.25, 0.3) is 10.2 Å². The number of nitro benzene ring substituents is 1. The lowest BCUT2D eigenvalue weighted by Crippen LogP contribution is -1.92. The van der Waals surface area contributed by atoms with Crippen LogP contribution in [0.4, 0.5) is 10.8 Å². The van der Waals surface area contributed by atoms with Crippen LogP contribution in [0.1, 0.15) is 5.56 Å². The molecule has 0 saturated carbocycles. The molecule has 1 aromatic heterocycles. The largest absolute Gasteiger partial charge is 0.497 e. The van der Waals surface area contributed by atoms with Crippen molar-refractivity contribution in [3.63, 3.8) is 0 Å². The lowest BCUT2D eigenvalue weighted by molar-refractivity contribution is -0.384. The van der Waals surface area contributed by atoms with Gasteiger partial charge in [-0.15, -0.1) is 0 Å². The zero-order valence-corrected chi connectivity index (χ0v) is 13.7. The molecule has 7 nitrogen and oxygen atoms in total. The van der Waals surface area contributed by atoms with Gasteiger partial charge in [0, 0.05) is 23.9 Å². The van der Waals surface area contributed by atoms with Gasteiger partial charge in [0.15, 0.2) is 0 Å². The van der Waals surface area contributed by atoms with Gasteiger partial charge in [0.1, 0.15) is 11.5 Å². The van der Waals surface area contributed by atoms with E-state index >= 15 is 0 Å². The van der Waals surface area contributed by atoms with E-state index in [0.29, 0.717) is 26.8 Å². The summed E-state index contributed by atoms with van der Waals surface area (Å²) in [6.07, 6.45) is 1.63. The van der Waals surface area contributed by atoms with Gasteiger partial charge in [0.2, 0.25) is 5.13 Å². The van der Waals surface area contributed by atoms with Crippen LogP contribution >= 0.6 is 11.3 Å². The first-order chi connectivity index (χ1) is 11.6. The second kappa shape index (κ2) is 6.63. The number of benzene rings is 2. The molecule has 0 aliphatic carbocycles. The molecule has 24 heavy (non-hydrogen) atoms. The molecule has 2 aromatic carbocycles. The third kappa shape index (κ3) is 3.18. The highest BCUT2D eigenvalue weighted by Gasteiger charge is 2.10. The molecule has 0 spiro atoms. The van der Waals surface area contributed by atoms with Crippen LogP contribution in [0.2, 0.25) is 0 Å². The molecule has 1 heterocycles. The van der Waals surface area contributed by atoms with Gasteiger partial charge in [0.05, 0.1) is 29.4 Å². The average Bonchev–Trinajstić information content (AvgIpc) is 3.01. The SMILES string of the molecule is COc1ccc(OC)c(/C=N/c2nc3ccc([N+](=O)[O-])cc3s2)c1. The summed E-state index contributed by atoms with van der Waals surface area (Å²) < 4.78 is 11.2. The Morgan fingerprint density at radius 3 is 2.75 bits per heavy atom. The van der Waals surface area contributed by atoms with Crippen molar-refractivity contribution in [2.45, 2.75) is 0 Å². The van der Waals surface area contributed by atoms with Gasteiger partial charge in [-0.3, -0.25) is 10.1 Å². The number of hydrogen-bond acceptors (Lipinski definition) is 7. The molecule has 0 bridgehead atoms. The number of aromatic nitrogens is 1. The number of thiazole rings is 1. The fourth-order valence-corrected chi connectivity index (χ4v) is 2.98. The lowest BCUT2D eigenvalue weighted by Gasteiger charge is -2.06. The topological polar surface area (TPSA) is 86.8 Å². The Hall–Kier alpha value is -3.00. The number of ether oxygens (including phenoxy) is 2. The summed E-state index contributed by atoms with van der Waals surface area (Å²) in [5.41, 5.74) is 1.47. The Labute approximate surface area is 141 Å². The van der Waals surface area contributed by atoms with Crippen LogP contribution in [0.15, 0.2) is 41.4 Å². The van der Waals surface area contributed by atoms with Gasteiger partial charge in [-0.25, -0.2) is 9.98 Å². The predicted octanol–water partition coefficient (Wildman–Crippen LogP) is 3.97. The third-order valence-corrected chi connectivity index (χ3v) is 4.25. The normalized spacial score (nSPS) is 11.1. The molecule has 0 unspecified atom stereocenters. The van der Waals surface area contributed by atoms with Crippen LogP contribution in [0, 0.1) is 10.1 Å². The first kappa shape index (κ1) is 15.9. The molecule has 0 aliphatic heterocycles. The number of hydrogen-bond donors (Lipinski definition) is 0. The Kier molecular flexibility index (Phi) is 4.39. The van der Waals surface area contributed by atoms with Crippen molar-refractivity contribution < 1.29 is 14.4 Å². The molecule has 0 saturated heterocycles. The van der Waals surface area contributed by atoms with E-state index in [2.05, 4.69) is 9.98 Å². The van der Waals surface area contributed by atoms with E-state index in [9.17, 15) is 10.1 Å². The average molecular weight is 343 g/mol. The smallest absolute Gasteiger partial charge is 0.270 e. The summed E-state index contributed by atoms with van der Waals surface area (Å²) in [5, 5.41) is 11.3. The van der Waals surface area contributed by atoms with Crippen molar-refractivity contribution in [2.24, 2.45) is 4.99 Å². The van der Waals surface area contributed by atoms with E-state index < -0.39 is 4.92 Å². The second-order valence-corrected chi connectivity index (χ2v) is 5.78. The first-order valence-electron chi connectivity index (χ1n) is 6.92. The highest BCUT2D eigenvalue weighted by molar-refractivity contribution is 7.22. The van der Waals surface area contributed by atoms with E-state index in [-0.39, 0.29) is 5.69 Å². The Morgan fingerprint density at radius 1 is 1.21 bits per heavy atom. The quantitative estimate of drug-likeness (QED) is 0.397. The van der Waals surface area contributed by atoms with E-state index in [1.807, 2.05) is 0 Å². The zero-order chi connectivity index (χ0) is 17.1. The molecule has 8 heteroatoms. The summed E-state index contributed by atoms with van der Waals surface area (Å²) in [5.74, 6) is 1.36. The fourth-order valence-electron chi connectivity index (χ4n) is 2.13. The molecule has 0 radical (unpaired) electrons. The maximum Gasteiger partial charge on any atom is 0.270 e. The minimum Gasteiger partial charge on any atom is -0.497 e. The first-order valence-corrected chi connectivity index (χ1v) is 7.73. The molecule has 0 atom stereocenters. The molecule has 122 valence electrons. The summed E-state index contributed by atoms with van der Waals surface area (Å²) in [6.45, 7) is 0. The molecule has 3 aromatic rings. The standard InChI is InChI=1S/C16H13N3O4S/c1-22-12-4-6-14(23-2)10(7-12)9-17-16-18-13-5-3-11(19(20)21)8-15(13)24-16/h3-9H,1-2H3/b17-9+. The highest BCUT2D eigenvalue weighted by Crippen LogP contribution is 2.31. The van der Waals surface area contributed by atoms with Gasteiger partial charge in [0.25, 0.3) is 5.69 Å². The third-order valence-electron chi connectivity index (χ3n) is 3.32. The number of nitro groups is 1. The minimum absolute atomic E-state index is 0.0381. The van der Waals surface area contributed by atoms with E-state index in [1.54, 1.807) is 44.7 Å². The highest BCUT2D eigenvalue weighted by atomic mass is 32.1. The van der Waals surface area contributed by atoms with Crippen molar-refractivity contribution in [3.05, 3.63) is 52.1 Å². The van der Waals surface area contributed by atoms with Gasteiger partial charge in [-0.05, 0) is 24.3 Å². The molecule has 3 rings (SSSR count). The molecular weight excluding hydrogens is 330 g/mol. The number of nitrogens with zero attached hydrogens (tertiary/aromatic N) is 3. The van der Waals surface area contributed by atoms with E-state index in [0.717, 1.165) is 5.56 Å². The fraction of sp³-hybridized carbons (Fsp3) is 0.125. The van der Waals surface area contributed by atoms with Crippen molar-refractivity contribution in [1.82, 2.24) is 4.98 Å². The van der Waals surface area contributed by atoms with Gasteiger partial charge >= 0.3 is 0 Å². The number of rotatable bonds is 5. The van der Waals surface area contributed by atoms with Crippen molar-refractivity contribution >= 4 is 38.6 Å². The number of aliphatic imine (C=N–C) groups is 1. The van der Waals surface area contributed by atoms with Gasteiger partial charge < -0.3 is 9.47 Å². The van der Waals surface area contributed by atoms with E-state index in [1.165, 1.54) is 23.5 Å². The molecule has 0 aliphatic rings. The summed E-state index contributed by atoms with van der Waals surface area (Å²) in [4.78, 5) is 19.1. The maximum atomic E-state index is 10.8. The van der Waals surface area contributed by atoms with Crippen molar-refractivity contribution in [3.8, 4) is 11.5 Å². The molecule has 0 N–H and O–H groups in total. The van der Waals surface area contributed by atoms with Crippen LogP contribution in [0.3, 0.4) is 0 Å². The van der Waals surface area contributed by atoms with Crippen LogP contribution in [-0.2, 0) is 0 Å². The summed E-state index contributed by atoms with van der Waals surface area (Å²) in [7, 11) is 3.17. The van der Waals surface area contributed by atoms with Gasteiger partial charge in [-0.2, -0.15) is 0 Å². The van der Waals surface area contributed by atoms with Crippen LogP contribution in [0.5, 0.6) is 11.5 Å².